The molecule has 1 N–H and O–H groups in total. The van der Waals surface area contributed by atoms with E-state index < -0.39 is 5.97 Å². The minimum absolute atomic E-state index is 0.0251. The fourth-order valence-electron chi connectivity index (χ4n) is 2.75. The highest BCUT2D eigenvalue weighted by Crippen LogP contribution is 2.32. The van der Waals surface area contributed by atoms with Crippen molar-refractivity contribution >= 4 is 11.9 Å². The average molecular weight is 276 g/mol. The van der Waals surface area contributed by atoms with Gasteiger partial charge in [-0.3, -0.25) is 14.6 Å². The number of aromatic nitrogens is 1. The lowest BCUT2D eigenvalue weighted by atomic mass is 10.0. The number of nitrogens with zero attached hydrogens (tertiary/aromatic N) is 2. The second kappa shape index (κ2) is 6.03. The first-order chi connectivity index (χ1) is 9.47. The van der Waals surface area contributed by atoms with E-state index in [2.05, 4.69) is 4.98 Å². The molecule has 2 unspecified atom stereocenters. The lowest BCUT2D eigenvalue weighted by molar-refractivity contribution is -0.141. The number of carboxylic acid groups (broad SMARTS) is 1. The third-order valence-electron chi connectivity index (χ3n) is 3.85. The van der Waals surface area contributed by atoms with Crippen molar-refractivity contribution in [2.24, 2.45) is 11.8 Å². The van der Waals surface area contributed by atoms with E-state index in [1.165, 1.54) is 0 Å². The van der Waals surface area contributed by atoms with Crippen LogP contribution in [0.3, 0.4) is 0 Å². The standard InChI is InChI=1S/C15H20N2O3/c1-10-4-3-5-13(16-10)9-17(2)14(18)11-6-7-12(8-11)15(19)20/h3-5,11-12H,6-9H2,1-2H3,(H,19,20). The minimum Gasteiger partial charge on any atom is -0.481 e. The summed E-state index contributed by atoms with van der Waals surface area (Å²) in [6, 6.07) is 5.73. The molecule has 1 aromatic heterocycles. The summed E-state index contributed by atoms with van der Waals surface area (Å²) in [4.78, 5) is 29.3. The monoisotopic (exact) mass is 276 g/mol. The molecular weight excluding hydrogens is 256 g/mol. The number of aliphatic carboxylic acids is 1. The predicted molar refractivity (Wildman–Crippen MR) is 73.9 cm³/mol. The summed E-state index contributed by atoms with van der Waals surface area (Å²) in [7, 11) is 1.75. The van der Waals surface area contributed by atoms with Crippen molar-refractivity contribution in [3.05, 3.63) is 29.6 Å². The second-order valence-electron chi connectivity index (χ2n) is 5.51. The maximum absolute atomic E-state index is 12.3. The van der Waals surface area contributed by atoms with Crippen LogP contribution in [0.2, 0.25) is 0 Å². The number of carbonyl (C=O) groups excluding carboxylic acids is 1. The zero-order valence-corrected chi connectivity index (χ0v) is 11.9. The van der Waals surface area contributed by atoms with Gasteiger partial charge in [-0.05, 0) is 38.3 Å². The lowest BCUT2D eigenvalue weighted by Crippen LogP contribution is -2.32. The Morgan fingerprint density at radius 2 is 2.05 bits per heavy atom. The van der Waals surface area contributed by atoms with E-state index in [-0.39, 0.29) is 17.7 Å². The Hall–Kier alpha value is -1.91. The van der Waals surface area contributed by atoms with Crippen LogP contribution in [0.25, 0.3) is 0 Å². The van der Waals surface area contributed by atoms with E-state index in [4.69, 9.17) is 5.11 Å². The first-order valence-electron chi connectivity index (χ1n) is 6.87. The van der Waals surface area contributed by atoms with Gasteiger partial charge in [0.05, 0.1) is 18.2 Å². The molecule has 0 aromatic carbocycles. The Kier molecular flexibility index (Phi) is 4.37. The zero-order valence-electron chi connectivity index (χ0n) is 11.9. The molecule has 1 saturated carbocycles. The topological polar surface area (TPSA) is 70.5 Å². The maximum atomic E-state index is 12.3. The van der Waals surface area contributed by atoms with Crippen LogP contribution in [-0.4, -0.2) is 33.9 Å². The van der Waals surface area contributed by atoms with Crippen LogP contribution in [0, 0.1) is 18.8 Å². The molecule has 0 bridgehead atoms. The van der Waals surface area contributed by atoms with E-state index in [9.17, 15) is 9.59 Å². The molecule has 1 amide bonds. The normalized spacial score (nSPS) is 21.7. The molecule has 0 radical (unpaired) electrons. The van der Waals surface area contributed by atoms with Gasteiger partial charge in [0.25, 0.3) is 0 Å². The first kappa shape index (κ1) is 14.5. The molecule has 108 valence electrons. The largest absolute Gasteiger partial charge is 0.481 e. The Morgan fingerprint density at radius 3 is 2.65 bits per heavy atom. The molecule has 1 aliphatic rings. The second-order valence-corrected chi connectivity index (χ2v) is 5.51. The van der Waals surface area contributed by atoms with Crippen LogP contribution in [0.4, 0.5) is 0 Å². The quantitative estimate of drug-likeness (QED) is 0.911. The number of rotatable bonds is 4. The number of hydrogen-bond donors (Lipinski definition) is 1. The fourth-order valence-corrected chi connectivity index (χ4v) is 2.75. The molecule has 1 fully saturated rings. The molecule has 1 heterocycles. The lowest BCUT2D eigenvalue weighted by Gasteiger charge is -2.20. The molecule has 1 aromatic rings. The summed E-state index contributed by atoms with van der Waals surface area (Å²) in [5.74, 6) is -1.29. The van der Waals surface area contributed by atoms with Crippen LogP contribution >= 0.6 is 0 Å². The smallest absolute Gasteiger partial charge is 0.306 e. The molecule has 2 atom stereocenters. The van der Waals surface area contributed by atoms with E-state index in [1.54, 1.807) is 11.9 Å². The number of amides is 1. The molecule has 2 rings (SSSR count). The number of aryl methyl sites for hydroxylation is 1. The van der Waals surface area contributed by atoms with Crippen molar-refractivity contribution in [2.45, 2.75) is 32.7 Å². The Bertz CT molecular complexity index is 516. The van der Waals surface area contributed by atoms with Gasteiger partial charge in [0.1, 0.15) is 0 Å². The predicted octanol–water partition coefficient (Wildman–Crippen LogP) is 1.85. The van der Waals surface area contributed by atoms with Crippen molar-refractivity contribution in [3.8, 4) is 0 Å². The summed E-state index contributed by atoms with van der Waals surface area (Å²) in [5, 5.41) is 8.98. The fraction of sp³-hybridized carbons (Fsp3) is 0.533. The van der Waals surface area contributed by atoms with Gasteiger partial charge >= 0.3 is 5.97 Å². The van der Waals surface area contributed by atoms with Gasteiger partial charge < -0.3 is 10.0 Å². The summed E-state index contributed by atoms with van der Waals surface area (Å²) >= 11 is 0. The molecule has 1 aliphatic carbocycles. The van der Waals surface area contributed by atoms with Gasteiger partial charge in [0.15, 0.2) is 0 Å². The number of hydrogen-bond acceptors (Lipinski definition) is 3. The number of pyridine rings is 1. The van der Waals surface area contributed by atoms with Crippen molar-refractivity contribution in [1.29, 1.82) is 0 Å². The highest BCUT2D eigenvalue weighted by atomic mass is 16.4. The van der Waals surface area contributed by atoms with Crippen molar-refractivity contribution in [3.63, 3.8) is 0 Å². The maximum Gasteiger partial charge on any atom is 0.306 e. The first-order valence-corrected chi connectivity index (χ1v) is 6.87. The summed E-state index contributed by atoms with van der Waals surface area (Å²) in [6.07, 6.45) is 1.73. The summed E-state index contributed by atoms with van der Waals surface area (Å²) < 4.78 is 0. The van der Waals surface area contributed by atoms with Gasteiger partial charge in [-0.1, -0.05) is 6.07 Å². The highest BCUT2D eigenvalue weighted by molar-refractivity contribution is 5.80. The van der Waals surface area contributed by atoms with Gasteiger partial charge in [0, 0.05) is 18.7 Å². The van der Waals surface area contributed by atoms with E-state index in [0.717, 1.165) is 11.4 Å². The van der Waals surface area contributed by atoms with Crippen LogP contribution in [0.5, 0.6) is 0 Å². The third-order valence-corrected chi connectivity index (χ3v) is 3.85. The Morgan fingerprint density at radius 1 is 1.35 bits per heavy atom. The van der Waals surface area contributed by atoms with Crippen LogP contribution in [-0.2, 0) is 16.1 Å². The van der Waals surface area contributed by atoms with Crippen molar-refractivity contribution in [1.82, 2.24) is 9.88 Å². The van der Waals surface area contributed by atoms with Crippen molar-refractivity contribution in [2.75, 3.05) is 7.05 Å². The van der Waals surface area contributed by atoms with Crippen LogP contribution < -0.4 is 0 Å². The van der Waals surface area contributed by atoms with Crippen molar-refractivity contribution < 1.29 is 14.7 Å². The molecule has 0 aliphatic heterocycles. The van der Waals surface area contributed by atoms with Gasteiger partial charge in [0.2, 0.25) is 5.91 Å². The average Bonchev–Trinajstić information content (AvgIpc) is 2.87. The van der Waals surface area contributed by atoms with Gasteiger partial charge in [-0.15, -0.1) is 0 Å². The van der Waals surface area contributed by atoms with Gasteiger partial charge in [-0.2, -0.15) is 0 Å². The van der Waals surface area contributed by atoms with E-state index in [0.29, 0.717) is 25.8 Å². The highest BCUT2D eigenvalue weighted by Gasteiger charge is 2.35. The molecule has 0 saturated heterocycles. The van der Waals surface area contributed by atoms with E-state index >= 15 is 0 Å². The molecule has 20 heavy (non-hydrogen) atoms. The Labute approximate surface area is 118 Å². The third kappa shape index (κ3) is 3.35. The van der Waals surface area contributed by atoms with E-state index in [1.807, 2.05) is 25.1 Å². The van der Waals surface area contributed by atoms with Gasteiger partial charge in [-0.25, -0.2) is 0 Å². The molecule has 0 spiro atoms. The summed E-state index contributed by atoms with van der Waals surface area (Å²) in [6.45, 7) is 2.38. The van der Waals surface area contributed by atoms with Crippen LogP contribution in [0.15, 0.2) is 18.2 Å². The zero-order chi connectivity index (χ0) is 14.7. The summed E-state index contributed by atoms with van der Waals surface area (Å²) in [5.41, 5.74) is 1.78. The number of carboxylic acids is 1. The number of carbonyl (C=O) groups is 2. The molecule has 5 heteroatoms. The molecule has 5 nitrogen and oxygen atoms in total. The molecular formula is C15H20N2O3. The van der Waals surface area contributed by atoms with Crippen LogP contribution in [0.1, 0.15) is 30.7 Å². The Balaban J connectivity index is 1.94. The SMILES string of the molecule is Cc1cccc(CN(C)C(=O)C2CCC(C(=O)O)C2)n1. The minimum atomic E-state index is -0.789.